The summed E-state index contributed by atoms with van der Waals surface area (Å²) in [6.45, 7) is 2.01. The molecular formula is C22H21N3O2. The summed E-state index contributed by atoms with van der Waals surface area (Å²) in [4.78, 5) is 16.4. The van der Waals surface area contributed by atoms with E-state index in [0.717, 1.165) is 28.3 Å². The molecule has 5 heteroatoms. The van der Waals surface area contributed by atoms with Crippen molar-refractivity contribution in [2.75, 3.05) is 7.11 Å². The maximum absolute atomic E-state index is 13.1. The van der Waals surface area contributed by atoms with Gasteiger partial charge in [-0.2, -0.15) is 5.10 Å². The molecule has 3 aromatic rings. The molecule has 2 heterocycles. The smallest absolute Gasteiger partial charge is 0.274 e. The Bertz CT molecular complexity index is 958. The van der Waals surface area contributed by atoms with Gasteiger partial charge in [-0.3, -0.25) is 4.79 Å². The topological polar surface area (TPSA) is 57.7 Å². The number of benzene rings is 2. The predicted molar refractivity (Wildman–Crippen MR) is 105 cm³/mol. The molecule has 0 saturated carbocycles. The first-order chi connectivity index (χ1) is 13.2. The van der Waals surface area contributed by atoms with E-state index in [-0.39, 0.29) is 11.9 Å². The van der Waals surface area contributed by atoms with Crippen molar-refractivity contribution in [2.24, 2.45) is 5.10 Å². The summed E-state index contributed by atoms with van der Waals surface area (Å²) in [5.74, 6) is 0.698. The van der Waals surface area contributed by atoms with Crippen LogP contribution in [0.25, 0.3) is 0 Å². The molecule has 1 aliphatic heterocycles. The van der Waals surface area contributed by atoms with Crippen LogP contribution in [0.4, 0.5) is 0 Å². The number of aryl methyl sites for hydroxylation is 1. The van der Waals surface area contributed by atoms with Gasteiger partial charge in [0.05, 0.1) is 12.8 Å². The van der Waals surface area contributed by atoms with Gasteiger partial charge in [-0.15, -0.1) is 0 Å². The number of amides is 1. The molecule has 0 bridgehead atoms. The predicted octanol–water partition coefficient (Wildman–Crippen LogP) is 4.32. The van der Waals surface area contributed by atoms with Crippen LogP contribution >= 0.6 is 0 Å². The Balaban J connectivity index is 1.69. The van der Waals surface area contributed by atoms with Gasteiger partial charge in [-0.1, -0.05) is 17.7 Å². The molecule has 2 aromatic carbocycles. The van der Waals surface area contributed by atoms with Crippen LogP contribution in [0, 0.1) is 6.92 Å². The number of rotatable bonds is 4. The van der Waals surface area contributed by atoms with Crippen LogP contribution in [0.2, 0.25) is 0 Å². The summed E-state index contributed by atoms with van der Waals surface area (Å²) >= 11 is 0. The molecule has 0 saturated heterocycles. The van der Waals surface area contributed by atoms with Gasteiger partial charge >= 0.3 is 0 Å². The van der Waals surface area contributed by atoms with Crippen molar-refractivity contribution in [3.63, 3.8) is 0 Å². The number of H-pyrrole nitrogens is 1. The minimum atomic E-state index is -0.147. The minimum absolute atomic E-state index is 0.0990. The molecule has 1 unspecified atom stereocenters. The lowest BCUT2D eigenvalue weighted by atomic mass is 10.0. The number of ether oxygens (including phenoxy) is 1. The van der Waals surface area contributed by atoms with E-state index in [0.29, 0.717) is 12.0 Å². The Morgan fingerprint density at radius 2 is 1.85 bits per heavy atom. The Morgan fingerprint density at radius 1 is 1.11 bits per heavy atom. The molecule has 27 heavy (non-hydrogen) atoms. The van der Waals surface area contributed by atoms with Gasteiger partial charge in [-0.25, -0.2) is 5.01 Å². The lowest BCUT2D eigenvalue weighted by Crippen LogP contribution is -2.27. The summed E-state index contributed by atoms with van der Waals surface area (Å²) in [7, 11) is 1.64. The fraction of sp³-hybridized carbons (Fsp3) is 0.182. The number of aromatic amines is 1. The third-order valence-corrected chi connectivity index (χ3v) is 4.82. The molecule has 0 radical (unpaired) electrons. The number of nitrogens with zero attached hydrogens (tertiary/aromatic N) is 2. The highest BCUT2D eigenvalue weighted by Gasteiger charge is 2.34. The lowest BCUT2D eigenvalue weighted by molar-refractivity contribution is 0.0708. The number of carbonyl (C=O) groups excluding carboxylic acids is 1. The molecular weight excluding hydrogens is 338 g/mol. The zero-order valence-electron chi connectivity index (χ0n) is 15.3. The number of aromatic nitrogens is 1. The van der Waals surface area contributed by atoms with E-state index in [1.807, 2.05) is 73.8 Å². The van der Waals surface area contributed by atoms with Crippen molar-refractivity contribution >= 4 is 11.6 Å². The second kappa shape index (κ2) is 7.11. The molecule has 0 spiro atoms. The van der Waals surface area contributed by atoms with Gasteiger partial charge < -0.3 is 9.72 Å². The molecule has 1 amide bonds. The number of hydrogen-bond acceptors (Lipinski definition) is 3. The monoisotopic (exact) mass is 359 g/mol. The van der Waals surface area contributed by atoms with Crippen molar-refractivity contribution in [3.05, 3.63) is 89.2 Å². The molecule has 1 aliphatic rings. The molecule has 0 fully saturated rings. The number of carbonyl (C=O) groups is 1. The van der Waals surface area contributed by atoms with Crippen LogP contribution in [-0.2, 0) is 0 Å². The third kappa shape index (κ3) is 3.36. The first-order valence-electron chi connectivity index (χ1n) is 8.91. The highest BCUT2D eigenvalue weighted by molar-refractivity contribution is 6.05. The summed E-state index contributed by atoms with van der Waals surface area (Å²) in [6.07, 6.45) is 2.53. The quantitative estimate of drug-likeness (QED) is 0.754. The molecule has 1 N–H and O–H groups in total. The average Bonchev–Trinajstić information content (AvgIpc) is 3.38. The number of hydrogen-bond donors (Lipinski definition) is 1. The zero-order chi connectivity index (χ0) is 18.8. The van der Waals surface area contributed by atoms with Crippen molar-refractivity contribution in [2.45, 2.75) is 19.4 Å². The molecule has 0 aliphatic carbocycles. The van der Waals surface area contributed by atoms with Crippen molar-refractivity contribution in [1.82, 2.24) is 9.99 Å². The fourth-order valence-corrected chi connectivity index (χ4v) is 3.28. The highest BCUT2D eigenvalue weighted by Crippen LogP contribution is 2.33. The summed E-state index contributed by atoms with van der Waals surface area (Å²) in [5.41, 5.74) is 4.61. The van der Waals surface area contributed by atoms with Crippen molar-refractivity contribution < 1.29 is 9.53 Å². The van der Waals surface area contributed by atoms with Crippen LogP contribution < -0.4 is 4.74 Å². The summed E-state index contributed by atoms with van der Waals surface area (Å²) < 4.78 is 5.23. The van der Waals surface area contributed by atoms with Crippen LogP contribution in [0.1, 0.15) is 39.6 Å². The van der Waals surface area contributed by atoms with E-state index >= 15 is 0 Å². The minimum Gasteiger partial charge on any atom is -0.497 e. The second-order valence-electron chi connectivity index (χ2n) is 6.64. The van der Waals surface area contributed by atoms with Crippen LogP contribution in [-0.4, -0.2) is 28.7 Å². The zero-order valence-corrected chi connectivity index (χ0v) is 15.3. The van der Waals surface area contributed by atoms with Crippen LogP contribution in [0.15, 0.2) is 72.0 Å². The molecule has 1 aromatic heterocycles. The van der Waals surface area contributed by atoms with E-state index in [1.54, 1.807) is 12.1 Å². The molecule has 136 valence electrons. The normalized spacial score (nSPS) is 16.3. The molecule has 5 nitrogen and oxygen atoms in total. The van der Waals surface area contributed by atoms with E-state index in [1.165, 1.54) is 0 Å². The van der Waals surface area contributed by atoms with Gasteiger partial charge in [0.1, 0.15) is 11.8 Å². The van der Waals surface area contributed by atoms with Crippen molar-refractivity contribution in [3.8, 4) is 5.75 Å². The van der Waals surface area contributed by atoms with Crippen molar-refractivity contribution in [1.29, 1.82) is 0 Å². The SMILES string of the molecule is COc1ccc(C2=NN(C(=O)c3ccc(C)cc3)C(c3ccc[nH]3)C2)cc1. The van der Waals surface area contributed by atoms with Gasteiger partial charge in [0, 0.05) is 23.9 Å². The maximum atomic E-state index is 13.1. The molecule has 1 atom stereocenters. The van der Waals surface area contributed by atoms with Gasteiger partial charge in [0.25, 0.3) is 5.91 Å². The Kier molecular flexibility index (Phi) is 4.50. The lowest BCUT2D eigenvalue weighted by Gasteiger charge is -2.21. The van der Waals surface area contributed by atoms with Gasteiger partial charge in [-0.05, 0) is 61.0 Å². The number of nitrogens with one attached hydrogen (secondary N) is 1. The maximum Gasteiger partial charge on any atom is 0.274 e. The van der Waals surface area contributed by atoms with E-state index in [9.17, 15) is 4.79 Å². The summed E-state index contributed by atoms with van der Waals surface area (Å²) in [6, 6.07) is 19.1. The number of hydrazone groups is 1. The van der Waals surface area contributed by atoms with Crippen LogP contribution in [0.5, 0.6) is 5.75 Å². The van der Waals surface area contributed by atoms with Crippen LogP contribution in [0.3, 0.4) is 0 Å². The van der Waals surface area contributed by atoms with Gasteiger partial charge in [0.2, 0.25) is 0 Å². The number of methoxy groups -OCH3 is 1. The Labute approximate surface area is 158 Å². The standard InChI is InChI=1S/C22H21N3O2/c1-15-5-7-17(8-6-15)22(26)25-21(19-4-3-13-23-19)14-20(24-25)16-9-11-18(27-2)12-10-16/h3-13,21,23H,14H2,1-2H3. The van der Waals surface area contributed by atoms with Gasteiger partial charge in [0.15, 0.2) is 0 Å². The Morgan fingerprint density at radius 3 is 2.48 bits per heavy atom. The fourth-order valence-electron chi connectivity index (χ4n) is 3.28. The van der Waals surface area contributed by atoms with E-state index in [2.05, 4.69) is 10.1 Å². The first-order valence-corrected chi connectivity index (χ1v) is 8.91. The first kappa shape index (κ1) is 17.1. The average molecular weight is 359 g/mol. The largest absolute Gasteiger partial charge is 0.497 e. The Hall–Kier alpha value is -3.34. The van der Waals surface area contributed by atoms with E-state index in [4.69, 9.17) is 4.74 Å². The molecule has 4 rings (SSSR count). The highest BCUT2D eigenvalue weighted by atomic mass is 16.5. The third-order valence-electron chi connectivity index (χ3n) is 4.82. The second-order valence-corrected chi connectivity index (χ2v) is 6.64. The van der Waals surface area contributed by atoms with E-state index < -0.39 is 0 Å². The summed E-state index contributed by atoms with van der Waals surface area (Å²) in [5, 5.41) is 6.28.